The summed E-state index contributed by atoms with van der Waals surface area (Å²) < 4.78 is 0. The van der Waals surface area contributed by atoms with Gasteiger partial charge < -0.3 is 5.32 Å². The Bertz CT molecular complexity index is 737. The van der Waals surface area contributed by atoms with Crippen LogP contribution in [0.1, 0.15) is 10.5 Å². The van der Waals surface area contributed by atoms with E-state index in [9.17, 15) is 9.59 Å². The zero-order valence-electron chi connectivity index (χ0n) is 11.1. The average molecular weight is 334 g/mol. The smallest absolute Gasteiger partial charge is 0.249 e. The molecule has 0 saturated carbocycles. The van der Waals surface area contributed by atoms with Crippen LogP contribution >= 0.6 is 23.2 Å². The van der Waals surface area contributed by atoms with Gasteiger partial charge in [-0.15, -0.1) is 0 Å². The highest BCUT2D eigenvalue weighted by Gasteiger charge is 2.28. The van der Waals surface area contributed by atoms with E-state index < -0.39 is 17.6 Å². The zero-order chi connectivity index (χ0) is 16.1. The molecular weight excluding hydrogens is 325 g/mol. The highest BCUT2D eigenvalue weighted by molar-refractivity contribution is 6.35. The summed E-state index contributed by atoms with van der Waals surface area (Å²) >= 11 is 11.7. The van der Waals surface area contributed by atoms with Crippen molar-refractivity contribution in [2.75, 3.05) is 5.32 Å². The molecule has 0 spiro atoms. The van der Waals surface area contributed by atoms with E-state index in [2.05, 4.69) is 10.3 Å². The summed E-state index contributed by atoms with van der Waals surface area (Å²) in [6.45, 7) is 0. The predicted octanol–water partition coefficient (Wildman–Crippen LogP) is 3.35. The molecule has 110 valence electrons. The number of halogens is 2. The van der Waals surface area contributed by atoms with Crippen LogP contribution in [0.15, 0.2) is 42.6 Å². The summed E-state index contributed by atoms with van der Waals surface area (Å²) in [6.07, 6.45) is 1.41. The summed E-state index contributed by atoms with van der Waals surface area (Å²) in [4.78, 5) is 28.1. The van der Waals surface area contributed by atoms with Crippen molar-refractivity contribution in [1.29, 1.82) is 5.26 Å². The molecule has 1 aromatic carbocycles. The van der Waals surface area contributed by atoms with E-state index in [1.807, 2.05) is 0 Å². The lowest BCUT2D eigenvalue weighted by Crippen LogP contribution is -2.29. The lowest BCUT2D eigenvalue weighted by Gasteiger charge is -2.10. The molecule has 5 nitrogen and oxygen atoms in total. The average Bonchev–Trinajstić information content (AvgIpc) is 2.47. The minimum Gasteiger partial charge on any atom is -0.324 e. The van der Waals surface area contributed by atoms with Crippen molar-refractivity contribution in [3.8, 4) is 6.07 Å². The lowest BCUT2D eigenvalue weighted by molar-refractivity contribution is -0.117. The standard InChI is InChI=1S/C15H9Cl2N3O2/c16-9-5-10(17)7-11(6-9)20-15(22)12(8-18)14(21)13-3-1-2-4-19-13/h1-7,12H,(H,20,22)/t12-/m0/s1. The first-order valence-electron chi connectivity index (χ1n) is 6.13. The van der Waals surface area contributed by atoms with Crippen LogP contribution in [-0.2, 0) is 4.79 Å². The quantitative estimate of drug-likeness (QED) is 0.686. The number of Topliss-reactive ketones (excluding diaryl/α,β-unsaturated/α-hetero) is 1. The van der Waals surface area contributed by atoms with Crippen molar-refractivity contribution in [2.45, 2.75) is 0 Å². The molecule has 1 N–H and O–H groups in total. The number of carbonyl (C=O) groups excluding carboxylic acids is 2. The Morgan fingerprint density at radius 1 is 1.18 bits per heavy atom. The Hall–Kier alpha value is -2.42. The number of benzene rings is 1. The molecule has 0 aliphatic heterocycles. The van der Waals surface area contributed by atoms with E-state index in [1.54, 1.807) is 18.2 Å². The highest BCUT2D eigenvalue weighted by Crippen LogP contribution is 2.23. The summed E-state index contributed by atoms with van der Waals surface area (Å²) in [6, 6.07) is 10.8. The van der Waals surface area contributed by atoms with E-state index in [4.69, 9.17) is 28.5 Å². The second-order valence-corrected chi connectivity index (χ2v) is 5.16. The van der Waals surface area contributed by atoms with E-state index >= 15 is 0 Å². The van der Waals surface area contributed by atoms with Gasteiger partial charge in [-0.2, -0.15) is 5.26 Å². The molecular formula is C15H9Cl2N3O2. The van der Waals surface area contributed by atoms with Crippen LogP contribution in [0.3, 0.4) is 0 Å². The first kappa shape index (κ1) is 16.0. The van der Waals surface area contributed by atoms with Crippen molar-refractivity contribution in [3.05, 3.63) is 58.3 Å². The number of nitrogens with zero attached hydrogens (tertiary/aromatic N) is 2. The van der Waals surface area contributed by atoms with E-state index in [1.165, 1.54) is 30.5 Å². The van der Waals surface area contributed by atoms with Gasteiger partial charge in [-0.3, -0.25) is 14.6 Å². The van der Waals surface area contributed by atoms with Crippen molar-refractivity contribution >= 4 is 40.6 Å². The Balaban J connectivity index is 2.19. The predicted molar refractivity (Wildman–Crippen MR) is 82.8 cm³/mol. The molecule has 1 aromatic heterocycles. The van der Waals surface area contributed by atoms with Gasteiger partial charge in [-0.05, 0) is 30.3 Å². The fourth-order valence-electron chi connectivity index (χ4n) is 1.73. The number of anilines is 1. The van der Waals surface area contributed by atoms with E-state index in [0.29, 0.717) is 15.7 Å². The molecule has 0 radical (unpaired) electrons. The molecule has 22 heavy (non-hydrogen) atoms. The van der Waals surface area contributed by atoms with Gasteiger partial charge in [0.15, 0.2) is 5.92 Å². The number of carbonyl (C=O) groups is 2. The van der Waals surface area contributed by atoms with E-state index in [0.717, 1.165) is 0 Å². The zero-order valence-corrected chi connectivity index (χ0v) is 12.6. The third-order valence-corrected chi connectivity index (χ3v) is 3.14. The largest absolute Gasteiger partial charge is 0.324 e. The summed E-state index contributed by atoms with van der Waals surface area (Å²) in [5.41, 5.74) is 0.352. The van der Waals surface area contributed by atoms with Gasteiger partial charge in [0.25, 0.3) is 0 Å². The molecule has 7 heteroatoms. The normalized spacial score (nSPS) is 11.3. The molecule has 0 aliphatic rings. The van der Waals surface area contributed by atoms with Crippen LogP contribution in [-0.4, -0.2) is 16.7 Å². The van der Waals surface area contributed by atoms with Crippen LogP contribution in [0.4, 0.5) is 5.69 Å². The number of nitrogens with one attached hydrogen (secondary N) is 1. The minimum atomic E-state index is -1.51. The summed E-state index contributed by atoms with van der Waals surface area (Å²) in [5, 5.41) is 12.2. The number of pyridine rings is 1. The first-order chi connectivity index (χ1) is 10.5. The molecule has 1 amide bonds. The van der Waals surface area contributed by atoms with Gasteiger partial charge in [0, 0.05) is 21.9 Å². The molecule has 1 atom stereocenters. The number of aromatic nitrogens is 1. The van der Waals surface area contributed by atoms with Gasteiger partial charge in [0.05, 0.1) is 6.07 Å². The molecule has 1 heterocycles. The molecule has 0 fully saturated rings. The van der Waals surface area contributed by atoms with Crippen LogP contribution < -0.4 is 5.32 Å². The SMILES string of the molecule is N#C[C@H](C(=O)Nc1cc(Cl)cc(Cl)c1)C(=O)c1ccccn1. The van der Waals surface area contributed by atoms with Crippen molar-refractivity contribution in [1.82, 2.24) is 4.98 Å². The highest BCUT2D eigenvalue weighted by atomic mass is 35.5. The lowest BCUT2D eigenvalue weighted by atomic mass is 10.0. The number of hydrogen-bond donors (Lipinski definition) is 1. The topological polar surface area (TPSA) is 82.9 Å². The maximum Gasteiger partial charge on any atom is 0.249 e. The monoisotopic (exact) mass is 333 g/mol. The molecule has 2 rings (SSSR count). The summed E-state index contributed by atoms with van der Waals surface area (Å²) in [5.74, 6) is -2.95. The Kier molecular flexibility index (Phi) is 5.10. The number of nitriles is 1. The van der Waals surface area contributed by atoms with Gasteiger partial charge in [0.2, 0.25) is 11.7 Å². The second kappa shape index (κ2) is 7.03. The van der Waals surface area contributed by atoms with Gasteiger partial charge >= 0.3 is 0 Å². The van der Waals surface area contributed by atoms with E-state index in [-0.39, 0.29) is 5.69 Å². The maximum absolute atomic E-state index is 12.1. The Morgan fingerprint density at radius 3 is 2.41 bits per heavy atom. The Morgan fingerprint density at radius 2 is 1.86 bits per heavy atom. The molecule has 0 aliphatic carbocycles. The molecule has 0 unspecified atom stereocenters. The van der Waals surface area contributed by atoms with Gasteiger partial charge in [-0.1, -0.05) is 29.3 Å². The Labute approximate surface area is 136 Å². The fourth-order valence-corrected chi connectivity index (χ4v) is 2.26. The van der Waals surface area contributed by atoms with Gasteiger partial charge in [0.1, 0.15) is 5.69 Å². The van der Waals surface area contributed by atoms with Crippen LogP contribution in [0.2, 0.25) is 10.0 Å². The number of ketones is 1. The third-order valence-electron chi connectivity index (χ3n) is 2.70. The van der Waals surface area contributed by atoms with Crippen molar-refractivity contribution in [2.24, 2.45) is 5.92 Å². The fraction of sp³-hybridized carbons (Fsp3) is 0.0667. The number of rotatable bonds is 4. The maximum atomic E-state index is 12.1. The number of amides is 1. The van der Waals surface area contributed by atoms with Crippen molar-refractivity contribution < 1.29 is 9.59 Å². The molecule has 0 bridgehead atoms. The second-order valence-electron chi connectivity index (χ2n) is 4.29. The minimum absolute atomic E-state index is 0.0494. The van der Waals surface area contributed by atoms with Crippen LogP contribution in [0, 0.1) is 17.2 Å². The van der Waals surface area contributed by atoms with Crippen LogP contribution in [0.5, 0.6) is 0 Å². The third kappa shape index (κ3) is 3.82. The molecule has 2 aromatic rings. The summed E-state index contributed by atoms with van der Waals surface area (Å²) in [7, 11) is 0. The molecule has 0 saturated heterocycles. The van der Waals surface area contributed by atoms with Crippen molar-refractivity contribution in [3.63, 3.8) is 0 Å². The van der Waals surface area contributed by atoms with Crippen LogP contribution in [0.25, 0.3) is 0 Å². The van der Waals surface area contributed by atoms with Gasteiger partial charge in [-0.25, -0.2) is 0 Å². The number of hydrogen-bond acceptors (Lipinski definition) is 4. The first-order valence-corrected chi connectivity index (χ1v) is 6.88.